The molecule has 0 aromatic carbocycles. The van der Waals surface area contributed by atoms with Crippen LogP contribution in [0.15, 0.2) is 0 Å². The van der Waals surface area contributed by atoms with Crippen LogP contribution in [-0.2, 0) is 0 Å². The zero-order valence-corrected chi connectivity index (χ0v) is 5.83. The van der Waals surface area contributed by atoms with Crippen molar-refractivity contribution in [1.29, 1.82) is 0 Å². The summed E-state index contributed by atoms with van der Waals surface area (Å²) in [5.74, 6) is 0. The summed E-state index contributed by atoms with van der Waals surface area (Å²) >= 11 is 5.77. The van der Waals surface area contributed by atoms with Gasteiger partial charge in [-0.05, 0) is 12.8 Å². The fraction of sp³-hybridized carbons (Fsp3) is 1.00. The lowest BCUT2D eigenvalue weighted by Crippen LogP contribution is -1.92. The topological polar surface area (TPSA) is 0 Å². The maximum absolute atomic E-state index is 5.77. The maximum Gasteiger partial charge on any atom is 0.0333 e. The highest BCUT2D eigenvalue weighted by Gasteiger charge is 1.95. The Morgan fingerprint density at radius 1 is 1.43 bits per heavy atom. The van der Waals surface area contributed by atoms with Crippen molar-refractivity contribution in [2.75, 3.05) is 0 Å². The first-order chi connectivity index (χ1) is 3.31. The van der Waals surface area contributed by atoms with E-state index >= 15 is 0 Å². The monoisotopic (exact) mass is 120 g/mol. The van der Waals surface area contributed by atoms with Gasteiger partial charge in [-0.25, -0.2) is 0 Å². The lowest BCUT2D eigenvalue weighted by Gasteiger charge is -1.99. The van der Waals surface area contributed by atoms with Crippen molar-refractivity contribution in [3.8, 4) is 0 Å². The minimum absolute atomic E-state index is 0.421. The van der Waals surface area contributed by atoms with Crippen LogP contribution in [0.25, 0.3) is 0 Å². The molecule has 0 rings (SSSR count). The van der Waals surface area contributed by atoms with Crippen LogP contribution in [0.2, 0.25) is 0 Å². The summed E-state index contributed by atoms with van der Waals surface area (Å²) in [5.41, 5.74) is 0. The minimum Gasteiger partial charge on any atom is -0.123 e. The van der Waals surface area contributed by atoms with Crippen molar-refractivity contribution in [2.45, 2.75) is 38.5 Å². The second-order valence-corrected chi connectivity index (χ2v) is 2.41. The van der Waals surface area contributed by atoms with Crippen molar-refractivity contribution in [3.05, 3.63) is 0 Å². The molecule has 0 heterocycles. The predicted molar refractivity (Wildman–Crippen MR) is 34.8 cm³/mol. The molecular weight excluding hydrogens is 108 g/mol. The smallest absolute Gasteiger partial charge is 0.0333 e. The summed E-state index contributed by atoms with van der Waals surface area (Å²) in [6.45, 7) is 4.28. The quantitative estimate of drug-likeness (QED) is 0.503. The van der Waals surface area contributed by atoms with Gasteiger partial charge >= 0.3 is 0 Å². The average molecular weight is 121 g/mol. The van der Waals surface area contributed by atoms with Gasteiger partial charge < -0.3 is 0 Å². The third kappa shape index (κ3) is 4.14. The number of halogens is 1. The zero-order valence-electron chi connectivity index (χ0n) is 5.08. The van der Waals surface area contributed by atoms with Crippen LogP contribution in [0.5, 0.6) is 0 Å². The predicted octanol–water partition coefficient (Wildman–Crippen LogP) is 2.80. The van der Waals surface area contributed by atoms with Gasteiger partial charge in [-0.1, -0.05) is 20.3 Å². The van der Waals surface area contributed by atoms with Gasteiger partial charge in [0.2, 0.25) is 0 Å². The number of alkyl halides is 1. The van der Waals surface area contributed by atoms with Gasteiger partial charge in [0.05, 0.1) is 0 Å². The minimum atomic E-state index is 0.421. The van der Waals surface area contributed by atoms with Crippen molar-refractivity contribution < 1.29 is 0 Å². The van der Waals surface area contributed by atoms with E-state index in [9.17, 15) is 0 Å². The van der Waals surface area contributed by atoms with E-state index in [-0.39, 0.29) is 0 Å². The highest BCUT2D eigenvalue weighted by atomic mass is 35.5. The molecule has 0 amide bonds. The Morgan fingerprint density at radius 2 is 2.00 bits per heavy atom. The van der Waals surface area contributed by atoms with Gasteiger partial charge in [-0.3, -0.25) is 0 Å². The molecule has 1 atom stereocenters. The lowest BCUT2D eigenvalue weighted by atomic mass is 10.2. The summed E-state index contributed by atoms with van der Waals surface area (Å²) in [7, 11) is 0. The van der Waals surface area contributed by atoms with E-state index in [0.29, 0.717) is 5.38 Å². The number of hydrogen-bond acceptors (Lipinski definition) is 0. The standard InChI is InChI=1S/C6H13Cl/c1-3-5-6(7)4-2/h6H,3-5H2,1-2H3/t6-/m0/s1. The van der Waals surface area contributed by atoms with E-state index in [4.69, 9.17) is 11.6 Å². The van der Waals surface area contributed by atoms with Crippen molar-refractivity contribution in [3.63, 3.8) is 0 Å². The normalized spacial score (nSPS) is 14.1. The van der Waals surface area contributed by atoms with Crippen molar-refractivity contribution in [1.82, 2.24) is 0 Å². The molecule has 0 nitrogen and oxygen atoms in total. The SMILES string of the molecule is CCC[C@@H](Cl)CC. The van der Waals surface area contributed by atoms with Crippen LogP contribution in [0.1, 0.15) is 33.1 Å². The second-order valence-electron chi connectivity index (χ2n) is 1.79. The molecule has 0 bridgehead atoms. The van der Waals surface area contributed by atoms with Crippen molar-refractivity contribution >= 4 is 11.6 Å². The molecule has 0 radical (unpaired) electrons. The van der Waals surface area contributed by atoms with Crippen LogP contribution in [-0.4, -0.2) is 5.38 Å². The van der Waals surface area contributed by atoms with E-state index in [1.807, 2.05) is 0 Å². The Morgan fingerprint density at radius 3 is 2.14 bits per heavy atom. The number of rotatable bonds is 3. The largest absolute Gasteiger partial charge is 0.123 e. The first-order valence-electron chi connectivity index (χ1n) is 2.95. The molecular formula is C6H13Cl. The van der Waals surface area contributed by atoms with Gasteiger partial charge in [-0.15, -0.1) is 11.6 Å². The summed E-state index contributed by atoms with van der Waals surface area (Å²) in [4.78, 5) is 0. The van der Waals surface area contributed by atoms with E-state index in [1.165, 1.54) is 6.42 Å². The molecule has 0 spiro atoms. The molecule has 7 heavy (non-hydrogen) atoms. The molecule has 0 aliphatic carbocycles. The molecule has 0 aliphatic rings. The molecule has 0 fully saturated rings. The van der Waals surface area contributed by atoms with Crippen LogP contribution in [0.4, 0.5) is 0 Å². The number of hydrogen-bond donors (Lipinski definition) is 0. The Balaban J connectivity index is 2.83. The van der Waals surface area contributed by atoms with E-state index in [0.717, 1.165) is 12.8 Å². The molecule has 44 valence electrons. The molecule has 0 aliphatic heterocycles. The molecule has 0 aromatic rings. The maximum atomic E-state index is 5.77. The van der Waals surface area contributed by atoms with Crippen molar-refractivity contribution in [2.24, 2.45) is 0 Å². The van der Waals surface area contributed by atoms with E-state index in [2.05, 4.69) is 13.8 Å². The van der Waals surface area contributed by atoms with E-state index < -0.39 is 0 Å². The highest BCUT2D eigenvalue weighted by molar-refractivity contribution is 6.20. The van der Waals surface area contributed by atoms with Crippen LogP contribution >= 0.6 is 11.6 Å². The first kappa shape index (κ1) is 7.29. The van der Waals surface area contributed by atoms with Crippen LogP contribution < -0.4 is 0 Å². The fourth-order valence-electron chi connectivity index (χ4n) is 0.517. The molecule has 0 unspecified atom stereocenters. The third-order valence-electron chi connectivity index (χ3n) is 1.04. The van der Waals surface area contributed by atoms with Gasteiger partial charge in [0.25, 0.3) is 0 Å². The summed E-state index contributed by atoms with van der Waals surface area (Å²) in [6, 6.07) is 0. The van der Waals surface area contributed by atoms with Gasteiger partial charge in [0.1, 0.15) is 0 Å². The molecule has 0 aromatic heterocycles. The molecule has 1 heteroatoms. The third-order valence-corrected chi connectivity index (χ3v) is 1.57. The van der Waals surface area contributed by atoms with Crippen LogP contribution in [0, 0.1) is 0 Å². The lowest BCUT2D eigenvalue weighted by molar-refractivity contribution is 0.711. The Hall–Kier alpha value is 0.290. The molecule has 0 saturated carbocycles. The van der Waals surface area contributed by atoms with Crippen LogP contribution in [0.3, 0.4) is 0 Å². The highest BCUT2D eigenvalue weighted by Crippen LogP contribution is 2.07. The van der Waals surface area contributed by atoms with E-state index in [1.54, 1.807) is 0 Å². The Kier molecular flexibility index (Phi) is 4.63. The molecule has 0 N–H and O–H groups in total. The summed E-state index contributed by atoms with van der Waals surface area (Å²) < 4.78 is 0. The Labute approximate surface area is 50.9 Å². The average Bonchev–Trinajstić information content (AvgIpc) is 1.68. The summed E-state index contributed by atoms with van der Waals surface area (Å²) in [6.07, 6.45) is 3.48. The Bertz CT molecular complexity index is 35.2. The summed E-state index contributed by atoms with van der Waals surface area (Å²) in [5, 5.41) is 0.421. The van der Waals surface area contributed by atoms with Gasteiger partial charge in [-0.2, -0.15) is 0 Å². The van der Waals surface area contributed by atoms with Gasteiger partial charge in [0, 0.05) is 5.38 Å². The second kappa shape index (κ2) is 4.45. The first-order valence-corrected chi connectivity index (χ1v) is 3.39. The van der Waals surface area contributed by atoms with Gasteiger partial charge in [0.15, 0.2) is 0 Å². The fourth-order valence-corrected chi connectivity index (χ4v) is 0.736. The molecule has 0 saturated heterocycles. The zero-order chi connectivity index (χ0) is 5.70.